The highest BCUT2D eigenvalue weighted by Crippen LogP contribution is 2.17. The van der Waals surface area contributed by atoms with E-state index in [9.17, 15) is 9.59 Å². The fourth-order valence-electron chi connectivity index (χ4n) is 2.96. The quantitative estimate of drug-likeness (QED) is 0.815. The van der Waals surface area contributed by atoms with Crippen LogP contribution in [0.25, 0.3) is 10.9 Å². The lowest BCUT2D eigenvalue weighted by Gasteiger charge is -2.13. The number of aromatic amines is 1. The Hall–Kier alpha value is -2.30. The van der Waals surface area contributed by atoms with Crippen molar-refractivity contribution in [3.63, 3.8) is 0 Å². The number of carbonyl (C=O) groups excluding carboxylic acids is 1. The number of benzene rings is 1. The molecule has 0 aliphatic heterocycles. The maximum atomic E-state index is 11.9. The predicted octanol–water partition coefficient (Wildman–Crippen LogP) is 2.58. The summed E-state index contributed by atoms with van der Waals surface area (Å²) in [5, 5.41) is 6.88. The van der Waals surface area contributed by atoms with Gasteiger partial charge in [0.05, 0.1) is 0 Å². The van der Waals surface area contributed by atoms with E-state index in [0.717, 1.165) is 29.3 Å². The Kier molecular flexibility index (Phi) is 4.13. The smallest absolute Gasteiger partial charge is 0.315 e. The summed E-state index contributed by atoms with van der Waals surface area (Å²) < 4.78 is 0. The van der Waals surface area contributed by atoms with Gasteiger partial charge in [0.25, 0.3) is 5.56 Å². The van der Waals surface area contributed by atoms with E-state index < -0.39 is 0 Å². The van der Waals surface area contributed by atoms with Gasteiger partial charge in [-0.15, -0.1) is 0 Å². The van der Waals surface area contributed by atoms with Crippen LogP contribution in [0.4, 0.5) is 4.79 Å². The highest BCUT2D eigenvalue weighted by atomic mass is 16.2. The molecule has 1 saturated carbocycles. The number of hydrogen-bond donors (Lipinski definition) is 3. The number of nitrogens with one attached hydrogen (secondary N) is 3. The average molecular weight is 299 g/mol. The van der Waals surface area contributed by atoms with Gasteiger partial charge >= 0.3 is 6.03 Å². The Labute approximate surface area is 129 Å². The van der Waals surface area contributed by atoms with E-state index in [1.54, 1.807) is 6.92 Å². The maximum absolute atomic E-state index is 11.9. The molecule has 5 nitrogen and oxygen atoms in total. The first-order chi connectivity index (χ1) is 10.6. The third-order valence-corrected chi connectivity index (χ3v) is 4.24. The second-order valence-corrected chi connectivity index (χ2v) is 6.01. The van der Waals surface area contributed by atoms with Crippen LogP contribution in [0.3, 0.4) is 0 Å². The summed E-state index contributed by atoms with van der Waals surface area (Å²) in [6, 6.07) is 7.88. The van der Waals surface area contributed by atoms with Gasteiger partial charge in [0.1, 0.15) is 0 Å². The minimum absolute atomic E-state index is 0.0608. The molecule has 1 aliphatic carbocycles. The van der Waals surface area contributed by atoms with Crippen LogP contribution in [0.15, 0.2) is 29.1 Å². The normalized spacial score (nSPS) is 15.1. The SMILES string of the molecule is Cc1cc2cc(CNC(=O)NC3CCCC3)ccc2[nH]c1=O. The van der Waals surface area contributed by atoms with Crippen LogP contribution < -0.4 is 16.2 Å². The molecular formula is C17H21N3O2. The van der Waals surface area contributed by atoms with Gasteiger partial charge < -0.3 is 15.6 Å². The van der Waals surface area contributed by atoms with E-state index >= 15 is 0 Å². The van der Waals surface area contributed by atoms with Gasteiger partial charge in [0, 0.05) is 23.7 Å². The molecule has 0 saturated heterocycles. The molecule has 1 heterocycles. The van der Waals surface area contributed by atoms with E-state index in [2.05, 4.69) is 15.6 Å². The molecule has 116 valence electrons. The molecule has 1 aromatic carbocycles. The molecule has 1 aromatic heterocycles. The van der Waals surface area contributed by atoms with Gasteiger partial charge in [-0.25, -0.2) is 4.79 Å². The van der Waals surface area contributed by atoms with Gasteiger partial charge in [-0.2, -0.15) is 0 Å². The van der Waals surface area contributed by atoms with Gasteiger partial charge in [0.2, 0.25) is 0 Å². The summed E-state index contributed by atoms with van der Waals surface area (Å²) in [7, 11) is 0. The van der Waals surface area contributed by atoms with Crippen LogP contribution in [-0.4, -0.2) is 17.1 Å². The van der Waals surface area contributed by atoms with E-state index in [4.69, 9.17) is 0 Å². The Morgan fingerprint density at radius 1 is 1.27 bits per heavy atom. The van der Waals surface area contributed by atoms with Gasteiger partial charge in [0.15, 0.2) is 0 Å². The molecule has 2 aromatic rings. The number of rotatable bonds is 3. The van der Waals surface area contributed by atoms with E-state index in [-0.39, 0.29) is 11.6 Å². The summed E-state index contributed by atoms with van der Waals surface area (Å²) in [6.45, 7) is 2.27. The van der Waals surface area contributed by atoms with Gasteiger partial charge in [-0.1, -0.05) is 18.9 Å². The summed E-state index contributed by atoms with van der Waals surface area (Å²) in [6.07, 6.45) is 4.56. The predicted molar refractivity (Wildman–Crippen MR) is 86.9 cm³/mol. The van der Waals surface area contributed by atoms with Crippen LogP contribution in [-0.2, 0) is 6.54 Å². The third-order valence-electron chi connectivity index (χ3n) is 4.24. The number of H-pyrrole nitrogens is 1. The molecule has 0 atom stereocenters. The number of fused-ring (bicyclic) bond motifs is 1. The number of urea groups is 1. The van der Waals surface area contributed by atoms with E-state index in [1.807, 2.05) is 24.3 Å². The van der Waals surface area contributed by atoms with Crippen molar-refractivity contribution in [2.45, 2.75) is 45.2 Å². The number of carbonyl (C=O) groups is 1. The van der Waals surface area contributed by atoms with Crippen LogP contribution in [0.1, 0.15) is 36.8 Å². The molecule has 5 heteroatoms. The van der Waals surface area contributed by atoms with Crippen LogP contribution >= 0.6 is 0 Å². The zero-order valence-electron chi connectivity index (χ0n) is 12.7. The number of aryl methyl sites for hydroxylation is 1. The van der Waals surface area contributed by atoms with Gasteiger partial charge in [-0.3, -0.25) is 4.79 Å². The molecule has 0 bridgehead atoms. The number of hydrogen-bond acceptors (Lipinski definition) is 2. The molecule has 1 fully saturated rings. The molecular weight excluding hydrogens is 278 g/mol. The third kappa shape index (κ3) is 3.30. The lowest BCUT2D eigenvalue weighted by atomic mass is 10.1. The van der Waals surface area contributed by atoms with Crippen molar-refractivity contribution in [2.24, 2.45) is 0 Å². The largest absolute Gasteiger partial charge is 0.335 e. The summed E-state index contributed by atoms with van der Waals surface area (Å²) >= 11 is 0. The minimum Gasteiger partial charge on any atom is -0.335 e. The fraction of sp³-hybridized carbons (Fsp3) is 0.412. The Morgan fingerprint density at radius 3 is 2.82 bits per heavy atom. The molecule has 3 rings (SSSR count). The zero-order chi connectivity index (χ0) is 15.5. The zero-order valence-corrected chi connectivity index (χ0v) is 12.7. The molecule has 0 unspecified atom stereocenters. The van der Waals surface area contributed by atoms with Crippen molar-refractivity contribution in [3.8, 4) is 0 Å². The molecule has 0 spiro atoms. The van der Waals surface area contributed by atoms with Crippen LogP contribution in [0, 0.1) is 6.92 Å². The van der Waals surface area contributed by atoms with Gasteiger partial charge in [-0.05, 0) is 48.9 Å². The van der Waals surface area contributed by atoms with E-state index in [0.29, 0.717) is 18.2 Å². The topological polar surface area (TPSA) is 74.0 Å². The Balaban J connectivity index is 1.64. The molecule has 1 aliphatic rings. The summed E-state index contributed by atoms with van der Waals surface area (Å²) in [5.74, 6) is 0. The standard InChI is InChI=1S/C17H21N3O2/c1-11-8-13-9-12(6-7-15(13)20-16(11)21)10-18-17(22)19-14-4-2-3-5-14/h6-9,14H,2-5,10H2,1H3,(H,20,21)(H2,18,19,22). The van der Waals surface area contributed by atoms with Crippen molar-refractivity contribution in [2.75, 3.05) is 0 Å². The number of pyridine rings is 1. The number of amides is 2. The summed E-state index contributed by atoms with van der Waals surface area (Å²) in [4.78, 5) is 26.3. The molecule has 22 heavy (non-hydrogen) atoms. The van der Waals surface area contributed by atoms with Crippen molar-refractivity contribution < 1.29 is 4.79 Å². The van der Waals surface area contributed by atoms with Crippen LogP contribution in [0.2, 0.25) is 0 Å². The van der Waals surface area contributed by atoms with Crippen molar-refractivity contribution >= 4 is 16.9 Å². The van der Waals surface area contributed by atoms with Crippen molar-refractivity contribution in [1.82, 2.24) is 15.6 Å². The van der Waals surface area contributed by atoms with Crippen molar-refractivity contribution in [1.29, 1.82) is 0 Å². The highest BCUT2D eigenvalue weighted by Gasteiger charge is 2.16. The fourth-order valence-corrected chi connectivity index (χ4v) is 2.96. The number of aromatic nitrogens is 1. The second kappa shape index (κ2) is 6.22. The minimum atomic E-state index is -0.107. The van der Waals surface area contributed by atoms with E-state index in [1.165, 1.54) is 12.8 Å². The molecule has 2 amide bonds. The lowest BCUT2D eigenvalue weighted by Crippen LogP contribution is -2.40. The second-order valence-electron chi connectivity index (χ2n) is 6.01. The van der Waals surface area contributed by atoms with Crippen LogP contribution in [0.5, 0.6) is 0 Å². The summed E-state index contributed by atoms with van der Waals surface area (Å²) in [5.41, 5.74) is 2.46. The Morgan fingerprint density at radius 2 is 2.05 bits per heavy atom. The first-order valence-electron chi connectivity index (χ1n) is 7.79. The monoisotopic (exact) mass is 299 g/mol. The lowest BCUT2D eigenvalue weighted by molar-refractivity contribution is 0.236. The average Bonchev–Trinajstić information content (AvgIpc) is 2.99. The highest BCUT2D eigenvalue weighted by molar-refractivity contribution is 5.80. The Bertz CT molecular complexity index is 745. The maximum Gasteiger partial charge on any atom is 0.315 e. The molecule has 3 N–H and O–H groups in total. The first-order valence-corrected chi connectivity index (χ1v) is 7.79. The van der Waals surface area contributed by atoms with Crippen molar-refractivity contribution in [3.05, 3.63) is 45.7 Å². The first kappa shape index (κ1) is 14.6. The molecule has 0 radical (unpaired) electrons.